The van der Waals surface area contributed by atoms with E-state index in [2.05, 4.69) is 22.9 Å². The Morgan fingerprint density at radius 3 is 2.64 bits per heavy atom. The monoisotopic (exact) mass is 357 g/mol. The van der Waals surface area contributed by atoms with Crippen LogP contribution in [0.25, 0.3) is 11.0 Å². The standard InChI is InChI=1S/C20H24ClN3O/c1-3-4-11-24-19-10-9-17(25-2)12-18(19)23-20(24)14-22-13-15-5-7-16(21)8-6-15/h5-10,12,22H,3-4,11,13-14H2,1-2H3. The summed E-state index contributed by atoms with van der Waals surface area (Å²) in [4.78, 5) is 4.82. The zero-order chi connectivity index (χ0) is 17.6. The van der Waals surface area contributed by atoms with E-state index in [1.165, 1.54) is 5.56 Å². The molecule has 0 saturated carbocycles. The fraction of sp³-hybridized carbons (Fsp3) is 0.350. The average Bonchev–Trinajstić information content (AvgIpc) is 2.98. The van der Waals surface area contributed by atoms with Gasteiger partial charge in [-0.05, 0) is 36.2 Å². The highest BCUT2D eigenvalue weighted by Gasteiger charge is 2.11. The summed E-state index contributed by atoms with van der Waals surface area (Å²) in [6, 6.07) is 14.0. The zero-order valence-corrected chi connectivity index (χ0v) is 15.5. The molecule has 2 aromatic carbocycles. The summed E-state index contributed by atoms with van der Waals surface area (Å²) in [6.07, 6.45) is 2.30. The lowest BCUT2D eigenvalue weighted by molar-refractivity contribution is 0.415. The van der Waals surface area contributed by atoms with E-state index in [1.54, 1.807) is 7.11 Å². The molecule has 5 heteroatoms. The maximum absolute atomic E-state index is 5.94. The predicted octanol–water partition coefficient (Wildman–Crippen LogP) is 4.79. The van der Waals surface area contributed by atoms with E-state index >= 15 is 0 Å². The largest absolute Gasteiger partial charge is 0.497 e. The Kier molecular flexibility index (Phi) is 5.95. The van der Waals surface area contributed by atoms with Crippen LogP contribution in [0.1, 0.15) is 31.2 Å². The number of aromatic nitrogens is 2. The molecule has 0 fully saturated rings. The van der Waals surface area contributed by atoms with Crippen molar-refractivity contribution in [3.63, 3.8) is 0 Å². The third-order valence-electron chi connectivity index (χ3n) is 4.30. The Hall–Kier alpha value is -2.04. The molecule has 3 rings (SSSR count). The first-order valence-electron chi connectivity index (χ1n) is 8.69. The molecule has 0 aliphatic carbocycles. The number of benzene rings is 2. The van der Waals surface area contributed by atoms with E-state index < -0.39 is 0 Å². The lowest BCUT2D eigenvalue weighted by Gasteiger charge is -2.10. The molecule has 25 heavy (non-hydrogen) atoms. The summed E-state index contributed by atoms with van der Waals surface area (Å²) in [6.45, 7) is 4.71. The molecule has 0 aliphatic heterocycles. The van der Waals surface area contributed by atoms with Crippen LogP contribution in [0.4, 0.5) is 0 Å². The van der Waals surface area contributed by atoms with Crippen LogP contribution < -0.4 is 10.1 Å². The number of nitrogens with one attached hydrogen (secondary N) is 1. The van der Waals surface area contributed by atoms with Gasteiger partial charge in [0.2, 0.25) is 0 Å². The third kappa shape index (κ3) is 4.33. The minimum Gasteiger partial charge on any atom is -0.497 e. The normalized spacial score (nSPS) is 11.2. The van der Waals surface area contributed by atoms with Crippen LogP contribution in [0, 0.1) is 0 Å². The van der Waals surface area contributed by atoms with Crippen LogP contribution in [0.3, 0.4) is 0 Å². The average molecular weight is 358 g/mol. The van der Waals surface area contributed by atoms with Gasteiger partial charge >= 0.3 is 0 Å². The van der Waals surface area contributed by atoms with Gasteiger partial charge in [0, 0.05) is 24.2 Å². The van der Waals surface area contributed by atoms with Gasteiger partial charge in [0.1, 0.15) is 11.6 Å². The second-order valence-electron chi connectivity index (χ2n) is 6.12. The number of halogens is 1. The molecule has 0 aliphatic rings. The lowest BCUT2D eigenvalue weighted by Crippen LogP contribution is -2.17. The van der Waals surface area contributed by atoms with Crippen LogP contribution in [-0.2, 0) is 19.6 Å². The molecule has 0 bridgehead atoms. The number of rotatable bonds is 8. The second kappa shape index (κ2) is 8.37. The number of methoxy groups -OCH3 is 1. The summed E-state index contributed by atoms with van der Waals surface area (Å²) in [5, 5.41) is 4.25. The van der Waals surface area contributed by atoms with Gasteiger partial charge in [-0.15, -0.1) is 0 Å². The van der Waals surface area contributed by atoms with Gasteiger partial charge in [-0.25, -0.2) is 4.98 Å². The number of imidazole rings is 1. The van der Waals surface area contributed by atoms with Gasteiger partial charge in [0.15, 0.2) is 0 Å². The highest BCUT2D eigenvalue weighted by molar-refractivity contribution is 6.30. The number of fused-ring (bicyclic) bond motifs is 1. The van der Waals surface area contributed by atoms with Crippen LogP contribution in [0.5, 0.6) is 5.75 Å². The number of unbranched alkanes of at least 4 members (excludes halogenated alkanes) is 1. The molecule has 4 nitrogen and oxygen atoms in total. The first-order chi connectivity index (χ1) is 12.2. The van der Waals surface area contributed by atoms with Crippen molar-refractivity contribution in [2.75, 3.05) is 7.11 Å². The summed E-state index contributed by atoms with van der Waals surface area (Å²) < 4.78 is 7.64. The number of hydrogen-bond donors (Lipinski definition) is 1. The molecule has 0 atom stereocenters. The maximum atomic E-state index is 5.94. The molecular weight excluding hydrogens is 334 g/mol. The molecule has 0 amide bonds. The van der Waals surface area contributed by atoms with Crippen LogP contribution in [-0.4, -0.2) is 16.7 Å². The van der Waals surface area contributed by atoms with E-state index in [9.17, 15) is 0 Å². The van der Waals surface area contributed by atoms with Gasteiger partial charge in [-0.1, -0.05) is 37.1 Å². The van der Waals surface area contributed by atoms with Crippen molar-refractivity contribution in [1.82, 2.24) is 14.9 Å². The van der Waals surface area contributed by atoms with E-state index in [1.807, 2.05) is 36.4 Å². The topological polar surface area (TPSA) is 39.1 Å². The van der Waals surface area contributed by atoms with E-state index in [0.29, 0.717) is 0 Å². The van der Waals surface area contributed by atoms with Gasteiger partial charge in [-0.3, -0.25) is 0 Å². The van der Waals surface area contributed by atoms with E-state index in [4.69, 9.17) is 21.3 Å². The van der Waals surface area contributed by atoms with Crippen molar-refractivity contribution in [3.05, 3.63) is 58.9 Å². The Bertz CT molecular complexity index is 827. The summed E-state index contributed by atoms with van der Waals surface area (Å²) >= 11 is 5.94. The summed E-state index contributed by atoms with van der Waals surface area (Å²) in [5.41, 5.74) is 3.36. The fourth-order valence-electron chi connectivity index (χ4n) is 2.91. The Morgan fingerprint density at radius 1 is 1.12 bits per heavy atom. The van der Waals surface area contributed by atoms with Crippen LogP contribution in [0.15, 0.2) is 42.5 Å². The maximum Gasteiger partial charge on any atom is 0.123 e. The molecular formula is C20H24ClN3O. The zero-order valence-electron chi connectivity index (χ0n) is 14.8. The third-order valence-corrected chi connectivity index (χ3v) is 4.55. The molecule has 0 unspecified atom stereocenters. The first-order valence-corrected chi connectivity index (χ1v) is 9.07. The van der Waals surface area contributed by atoms with Crippen molar-refractivity contribution in [1.29, 1.82) is 0 Å². The van der Waals surface area contributed by atoms with Crippen molar-refractivity contribution >= 4 is 22.6 Å². The molecule has 1 aromatic heterocycles. The van der Waals surface area contributed by atoms with Crippen molar-refractivity contribution in [2.45, 2.75) is 39.4 Å². The summed E-state index contributed by atoms with van der Waals surface area (Å²) in [7, 11) is 1.68. The minimum absolute atomic E-state index is 0.726. The summed E-state index contributed by atoms with van der Waals surface area (Å²) in [5.74, 6) is 1.90. The molecule has 1 heterocycles. The number of ether oxygens (including phenoxy) is 1. The van der Waals surface area contributed by atoms with E-state index in [-0.39, 0.29) is 0 Å². The molecule has 0 spiro atoms. The van der Waals surface area contributed by atoms with Gasteiger partial charge in [0.05, 0.1) is 24.7 Å². The minimum atomic E-state index is 0.726. The highest BCUT2D eigenvalue weighted by Crippen LogP contribution is 2.22. The number of aryl methyl sites for hydroxylation is 1. The van der Waals surface area contributed by atoms with E-state index in [0.717, 1.165) is 60.1 Å². The predicted molar refractivity (Wildman–Crippen MR) is 103 cm³/mol. The number of nitrogens with zero attached hydrogens (tertiary/aromatic N) is 2. The molecule has 1 N–H and O–H groups in total. The Labute approximate surface area is 153 Å². The molecule has 0 radical (unpaired) electrons. The first kappa shape index (κ1) is 17.8. The lowest BCUT2D eigenvalue weighted by atomic mass is 10.2. The molecule has 3 aromatic rings. The van der Waals surface area contributed by atoms with Crippen molar-refractivity contribution < 1.29 is 4.74 Å². The van der Waals surface area contributed by atoms with Crippen molar-refractivity contribution in [3.8, 4) is 5.75 Å². The van der Waals surface area contributed by atoms with Gasteiger partial charge < -0.3 is 14.6 Å². The Balaban J connectivity index is 1.77. The molecule has 132 valence electrons. The molecule has 0 saturated heterocycles. The van der Waals surface area contributed by atoms with Crippen LogP contribution in [0.2, 0.25) is 5.02 Å². The van der Waals surface area contributed by atoms with Crippen molar-refractivity contribution in [2.24, 2.45) is 0 Å². The Morgan fingerprint density at radius 2 is 1.92 bits per heavy atom. The van der Waals surface area contributed by atoms with Crippen LogP contribution >= 0.6 is 11.6 Å². The highest BCUT2D eigenvalue weighted by atomic mass is 35.5. The SMILES string of the molecule is CCCCn1c(CNCc2ccc(Cl)cc2)nc2cc(OC)ccc21. The fourth-order valence-corrected chi connectivity index (χ4v) is 3.03. The quantitative estimate of drug-likeness (QED) is 0.630. The number of hydrogen-bond acceptors (Lipinski definition) is 3. The smallest absolute Gasteiger partial charge is 0.123 e. The second-order valence-corrected chi connectivity index (χ2v) is 6.55. The van der Waals surface area contributed by atoms with Gasteiger partial charge in [0.25, 0.3) is 0 Å². The van der Waals surface area contributed by atoms with Gasteiger partial charge in [-0.2, -0.15) is 0 Å².